The highest BCUT2D eigenvalue weighted by molar-refractivity contribution is 6.00. The van der Waals surface area contributed by atoms with Crippen LogP contribution in [0.5, 0.6) is 0 Å². The van der Waals surface area contributed by atoms with E-state index in [-0.39, 0.29) is 30.1 Å². The van der Waals surface area contributed by atoms with Gasteiger partial charge in [-0.3, -0.25) is 14.4 Å². The third-order valence-electron chi connectivity index (χ3n) is 5.51. The van der Waals surface area contributed by atoms with Crippen LogP contribution in [0.3, 0.4) is 0 Å². The minimum atomic E-state index is -0.788. The average Bonchev–Trinajstić information content (AvgIpc) is 3.32. The number of hydrogen-bond acceptors (Lipinski definition) is 4. The molecule has 8 heteroatoms. The molecule has 4 N–H and O–H groups in total. The fourth-order valence-corrected chi connectivity index (χ4v) is 3.87. The first-order valence-electron chi connectivity index (χ1n) is 10.6. The first-order valence-corrected chi connectivity index (χ1v) is 10.6. The van der Waals surface area contributed by atoms with Crippen LogP contribution in [-0.4, -0.2) is 41.3 Å². The number of carbonyl (C=O) groups is 3. The van der Waals surface area contributed by atoms with Gasteiger partial charge in [0.25, 0.3) is 5.91 Å². The molecular weight excluding hydrogens is 394 g/mol. The summed E-state index contributed by atoms with van der Waals surface area (Å²) < 4.78 is 0. The normalized spacial score (nSPS) is 17.8. The summed E-state index contributed by atoms with van der Waals surface area (Å²) in [6.45, 7) is 6.49. The van der Waals surface area contributed by atoms with Crippen molar-refractivity contribution in [2.45, 2.75) is 52.1 Å². The van der Waals surface area contributed by atoms with Crippen LogP contribution in [0.1, 0.15) is 49.2 Å². The summed E-state index contributed by atoms with van der Waals surface area (Å²) in [4.78, 5) is 40.6. The van der Waals surface area contributed by atoms with Crippen LogP contribution in [0.25, 0.3) is 10.9 Å². The third-order valence-corrected chi connectivity index (χ3v) is 5.51. The van der Waals surface area contributed by atoms with Crippen molar-refractivity contribution in [3.63, 3.8) is 0 Å². The smallest absolute Gasteiger partial charge is 0.268 e. The lowest BCUT2D eigenvalue weighted by Gasteiger charge is -2.22. The molecule has 3 atom stereocenters. The van der Waals surface area contributed by atoms with E-state index in [0.29, 0.717) is 25.1 Å². The Morgan fingerprint density at radius 1 is 1.26 bits per heavy atom. The monoisotopic (exact) mass is 423 g/mol. The predicted molar refractivity (Wildman–Crippen MR) is 117 cm³/mol. The number of aromatic amines is 1. The maximum atomic E-state index is 12.9. The predicted octanol–water partition coefficient (Wildman–Crippen LogP) is 2.16. The van der Waals surface area contributed by atoms with Crippen LogP contribution in [0, 0.1) is 30.1 Å². The largest absolute Gasteiger partial charge is 0.356 e. The Hall–Kier alpha value is -3.34. The average molecular weight is 424 g/mol. The molecule has 1 aromatic carbocycles. The lowest BCUT2D eigenvalue weighted by molar-refractivity contribution is -0.125. The van der Waals surface area contributed by atoms with Crippen LogP contribution in [0.15, 0.2) is 24.3 Å². The third kappa shape index (κ3) is 5.63. The number of fused-ring (bicyclic) bond motifs is 1. The van der Waals surface area contributed by atoms with E-state index >= 15 is 0 Å². The standard InChI is InChI=1S/C23H29N5O3/c1-13(2)8-19(22(30)26-17(12-24)10-16-6-7-25-21(16)29)28-23(31)20-11-15-5-4-14(3)9-18(15)27-20/h4-5,9,11,13,16-17,19,27H,6-8,10H2,1-3H3,(H,25,29)(H,26,30)(H,28,31)/t16-,17-,19-/m0/s1. The van der Waals surface area contributed by atoms with Gasteiger partial charge in [-0.1, -0.05) is 26.0 Å². The Morgan fingerprint density at radius 2 is 2.03 bits per heavy atom. The van der Waals surface area contributed by atoms with E-state index < -0.39 is 18.0 Å². The number of benzene rings is 1. The first kappa shape index (κ1) is 22.3. The number of nitrogens with zero attached hydrogens (tertiary/aromatic N) is 1. The summed E-state index contributed by atoms with van der Waals surface area (Å²) in [6, 6.07) is 8.12. The van der Waals surface area contributed by atoms with Gasteiger partial charge < -0.3 is 20.9 Å². The highest BCUT2D eigenvalue weighted by Crippen LogP contribution is 2.18. The van der Waals surface area contributed by atoms with Gasteiger partial charge in [-0.15, -0.1) is 0 Å². The second-order valence-corrected chi connectivity index (χ2v) is 8.63. The molecule has 0 aliphatic carbocycles. The van der Waals surface area contributed by atoms with Gasteiger partial charge in [0, 0.05) is 23.4 Å². The summed E-state index contributed by atoms with van der Waals surface area (Å²) in [6.07, 6.45) is 1.34. The van der Waals surface area contributed by atoms with Crippen molar-refractivity contribution in [2.24, 2.45) is 11.8 Å². The summed E-state index contributed by atoms with van der Waals surface area (Å²) in [5, 5.41) is 18.6. The van der Waals surface area contributed by atoms with E-state index in [1.807, 2.05) is 39.0 Å². The van der Waals surface area contributed by atoms with Gasteiger partial charge in [0.1, 0.15) is 17.8 Å². The molecule has 2 aromatic rings. The van der Waals surface area contributed by atoms with Gasteiger partial charge >= 0.3 is 0 Å². The van der Waals surface area contributed by atoms with Crippen molar-refractivity contribution in [3.8, 4) is 6.07 Å². The fourth-order valence-electron chi connectivity index (χ4n) is 3.87. The summed E-state index contributed by atoms with van der Waals surface area (Å²) in [5.74, 6) is -1.01. The maximum absolute atomic E-state index is 12.9. The minimum Gasteiger partial charge on any atom is -0.356 e. The molecule has 0 saturated carbocycles. The number of amides is 3. The highest BCUT2D eigenvalue weighted by atomic mass is 16.2. The number of nitriles is 1. The Balaban J connectivity index is 1.69. The molecule has 0 spiro atoms. The molecular formula is C23H29N5O3. The molecule has 31 heavy (non-hydrogen) atoms. The van der Waals surface area contributed by atoms with Gasteiger partial charge in [-0.05, 0) is 49.8 Å². The number of H-pyrrole nitrogens is 1. The van der Waals surface area contributed by atoms with Crippen molar-refractivity contribution in [1.82, 2.24) is 20.9 Å². The van der Waals surface area contributed by atoms with Gasteiger partial charge in [0.2, 0.25) is 11.8 Å². The Morgan fingerprint density at radius 3 is 2.68 bits per heavy atom. The zero-order chi connectivity index (χ0) is 22.5. The van der Waals surface area contributed by atoms with Gasteiger partial charge in [-0.25, -0.2) is 0 Å². The summed E-state index contributed by atoms with van der Waals surface area (Å²) in [5.41, 5.74) is 2.31. The number of hydrogen-bond donors (Lipinski definition) is 4. The number of carbonyl (C=O) groups excluding carboxylic acids is 3. The van der Waals surface area contributed by atoms with E-state index in [2.05, 4.69) is 27.0 Å². The van der Waals surface area contributed by atoms with E-state index in [9.17, 15) is 19.6 Å². The van der Waals surface area contributed by atoms with Gasteiger partial charge in [0.05, 0.1) is 6.07 Å². The maximum Gasteiger partial charge on any atom is 0.268 e. The zero-order valence-corrected chi connectivity index (χ0v) is 18.1. The van der Waals surface area contributed by atoms with Crippen LogP contribution >= 0.6 is 0 Å². The van der Waals surface area contributed by atoms with Crippen LogP contribution in [0.2, 0.25) is 0 Å². The molecule has 3 amide bonds. The Kier molecular flexibility index (Phi) is 6.95. The van der Waals surface area contributed by atoms with Gasteiger partial charge in [-0.2, -0.15) is 5.26 Å². The molecule has 1 aromatic heterocycles. The molecule has 164 valence electrons. The quantitative estimate of drug-likeness (QED) is 0.519. The van der Waals surface area contributed by atoms with Crippen molar-refractivity contribution in [1.29, 1.82) is 5.26 Å². The highest BCUT2D eigenvalue weighted by Gasteiger charge is 2.30. The van der Waals surface area contributed by atoms with E-state index in [1.165, 1.54) is 0 Å². The molecule has 1 aliphatic heterocycles. The first-order chi connectivity index (χ1) is 14.8. The molecule has 1 aliphatic rings. The lowest BCUT2D eigenvalue weighted by Crippen LogP contribution is -2.50. The molecule has 1 saturated heterocycles. The fraction of sp³-hybridized carbons (Fsp3) is 0.478. The number of aromatic nitrogens is 1. The molecule has 3 rings (SSSR count). The molecule has 8 nitrogen and oxygen atoms in total. The number of rotatable bonds is 8. The molecule has 1 fully saturated rings. The minimum absolute atomic E-state index is 0.0874. The van der Waals surface area contributed by atoms with E-state index in [1.54, 1.807) is 6.07 Å². The van der Waals surface area contributed by atoms with Gasteiger partial charge in [0.15, 0.2) is 0 Å². The second-order valence-electron chi connectivity index (χ2n) is 8.63. The molecule has 0 unspecified atom stereocenters. The Bertz CT molecular complexity index is 1020. The van der Waals surface area contributed by atoms with Crippen LogP contribution in [0.4, 0.5) is 0 Å². The topological polar surface area (TPSA) is 127 Å². The summed E-state index contributed by atoms with van der Waals surface area (Å²) in [7, 11) is 0. The number of nitrogens with one attached hydrogen (secondary N) is 4. The Labute approximate surface area is 181 Å². The molecule has 2 heterocycles. The summed E-state index contributed by atoms with van der Waals surface area (Å²) >= 11 is 0. The van der Waals surface area contributed by atoms with Crippen LogP contribution < -0.4 is 16.0 Å². The van der Waals surface area contributed by atoms with E-state index in [0.717, 1.165) is 16.5 Å². The molecule has 0 bridgehead atoms. The van der Waals surface area contributed by atoms with Crippen molar-refractivity contribution in [2.75, 3.05) is 6.54 Å². The van der Waals surface area contributed by atoms with Crippen molar-refractivity contribution >= 4 is 28.6 Å². The van der Waals surface area contributed by atoms with Crippen molar-refractivity contribution < 1.29 is 14.4 Å². The van der Waals surface area contributed by atoms with E-state index in [4.69, 9.17) is 0 Å². The SMILES string of the molecule is Cc1ccc2cc(C(=O)N[C@@H](CC(C)C)C(=O)N[C@H](C#N)C[C@@H]3CCNC3=O)[nH]c2c1. The second kappa shape index (κ2) is 9.65. The zero-order valence-electron chi connectivity index (χ0n) is 18.1. The van der Waals surface area contributed by atoms with Crippen molar-refractivity contribution in [3.05, 3.63) is 35.5 Å². The lowest BCUT2D eigenvalue weighted by atomic mass is 9.98. The molecule has 0 radical (unpaired) electrons. The van der Waals surface area contributed by atoms with Crippen LogP contribution in [-0.2, 0) is 9.59 Å². The number of aryl methyl sites for hydroxylation is 1.